The number of rotatable bonds is 8. The minimum absolute atomic E-state index is 0.0894. The standard InChI is InChI=1S/C20H25NO3/c1-16(2)13-18(15-23-19-11-7-4-8-12-19)21-20(22)24-14-17-9-5-3-6-10-17/h3-12,16,18H,13-15H2,1-2H3,(H,21,22)/t18-/m1/s1. The maximum atomic E-state index is 12.0. The summed E-state index contributed by atoms with van der Waals surface area (Å²) in [6.45, 7) is 4.92. The van der Waals surface area contributed by atoms with Gasteiger partial charge in [-0.3, -0.25) is 0 Å². The fraction of sp³-hybridized carbons (Fsp3) is 0.350. The molecule has 1 N–H and O–H groups in total. The molecule has 0 saturated carbocycles. The molecular formula is C20H25NO3. The Kier molecular flexibility index (Phi) is 7.15. The van der Waals surface area contributed by atoms with E-state index in [9.17, 15) is 4.79 Å². The van der Waals surface area contributed by atoms with Gasteiger partial charge in [0.15, 0.2) is 0 Å². The van der Waals surface area contributed by atoms with Gasteiger partial charge < -0.3 is 14.8 Å². The number of para-hydroxylation sites is 1. The van der Waals surface area contributed by atoms with Gasteiger partial charge in [0.2, 0.25) is 0 Å². The summed E-state index contributed by atoms with van der Waals surface area (Å²) in [5, 5.41) is 2.90. The van der Waals surface area contributed by atoms with Gasteiger partial charge in [-0.2, -0.15) is 0 Å². The molecule has 0 aliphatic carbocycles. The predicted molar refractivity (Wildman–Crippen MR) is 94.9 cm³/mol. The molecule has 0 unspecified atom stereocenters. The van der Waals surface area contributed by atoms with Crippen molar-refractivity contribution in [2.45, 2.75) is 32.9 Å². The molecular weight excluding hydrogens is 302 g/mol. The highest BCUT2D eigenvalue weighted by molar-refractivity contribution is 5.67. The number of alkyl carbamates (subject to hydrolysis) is 1. The lowest BCUT2D eigenvalue weighted by molar-refractivity contribution is 0.128. The molecule has 1 atom stereocenters. The highest BCUT2D eigenvalue weighted by atomic mass is 16.5. The van der Waals surface area contributed by atoms with Gasteiger partial charge >= 0.3 is 6.09 Å². The number of carbonyl (C=O) groups is 1. The van der Waals surface area contributed by atoms with Crippen LogP contribution in [0.3, 0.4) is 0 Å². The first kappa shape index (κ1) is 17.9. The monoisotopic (exact) mass is 327 g/mol. The molecule has 0 radical (unpaired) electrons. The van der Waals surface area contributed by atoms with Crippen molar-refractivity contribution in [3.05, 3.63) is 66.2 Å². The van der Waals surface area contributed by atoms with E-state index in [2.05, 4.69) is 19.2 Å². The first-order valence-electron chi connectivity index (χ1n) is 8.28. The van der Waals surface area contributed by atoms with Crippen LogP contribution >= 0.6 is 0 Å². The lowest BCUT2D eigenvalue weighted by Gasteiger charge is -2.21. The van der Waals surface area contributed by atoms with Crippen LogP contribution in [0.5, 0.6) is 5.75 Å². The molecule has 24 heavy (non-hydrogen) atoms. The lowest BCUT2D eigenvalue weighted by atomic mass is 10.0. The van der Waals surface area contributed by atoms with Gasteiger partial charge in [0.1, 0.15) is 19.0 Å². The van der Waals surface area contributed by atoms with Gasteiger partial charge in [0, 0.05) is 0 Å². The molecule has 0 heterocycles. The molecule has 4 heteroatoms. The summed E-state index contributed by atoms with van der Waals surface area (Å²) >= 11 is 0. The van der Waals surface area contributed by atoms with Crippen molar-refractivity contribution >= 4 is 6.09 Å². The van der Waals surface area contributed by atoms with Crippen molar-refractivity contribution in [3.8, 4) is 5.75 Å². The Morgan fingerprint density at radius 1 is 1.00 bits per heavy atom. The predicted octanol–water partition coefficient (Wildman–Crippen LogP) is 4.41. The summed E-state index contributed by atoms with van der Waals surface area (Å²) in [4.78, 5) is 12.0. The third kappa shape index (κ3) is 6.73. The minimum Gasteiger partial charge on any atom is -0.491 e. The largest absolute Gasteiger partial charge is 0.491 e. The lowest BCUT2D eigenvalue weighted by Crippen LogP contribution is -2.40. The molecule has 0 saturated heterocycles. The molecule has 0 bridgehead atoms. The Morgan fingerprint density at radius 2 is 1.62 bits per heavy atom. The van der Waals surface area contributed by atoms with Crippen LogP contribution in [-0.2, 0) is 11.3 Å². The zero-order valence-electron chi connectivity index (χ0n) is 14.3. The second-order valence-corrected chi connectivity index (χ2v) is 6.16. The van der Waals surface area contributed by atoms with Crippen LogP contribution in [0.15, 0.2) is 60.7 Å². The van der Waals surface area contributed by atoms with Crippen molar-refractivity contribution in [2.75, 3.05) is 6.61 Å². The number of nitrogens with one attached hydrogen (secondary N) is 1. The van der Waals surface area contributed by atoms with Crippen LogP contribution in [0, 0.1) is 5.92 Å². The molecule has 128 valence electrons. The number of amides is 1. The van der Waals surface area contributed by atoms with Crippen LogP contribution in [0.2, 0.25) is 0 Å². The summed E-state index contributed by atoms with van der Waals surface area (Å²) in [5.41, 5.74) is 0.966. The van der Waals surface area contributed by atoms with Gasteiger partial charge in [-0.25, -0.2) is 4.79 Å². The Hall–Kier alpha value is -2.49. The van der Waals surface area contributed by atoms with E-state index in [1.54, 1.807) is 0 Å². The van der Waals surface area contributed by atoms with Gasteiger partial charge in [-0.1, -0.05) is 62.4 Å². The van der Waals surface area contributed by atoms with Crippen LogP contribution in [-0.4, -0.2) is 18.7 Å². The molecule has 0 aliphatic heterocycles. The molecule has 0 aliphatic rings. The molecule has 0 spiro atoms. The molecule has 0 aromatic heterocycles. The Labute approximate surface area is 143 Å². The maximum absolute atomic E-state index is 12.0. The smallest absolute Gasteiger partial charge is 0.407 e. The van der Waals surface area contributed by atoms with Crippen LogP contribution < -0.4 is 10.1 Å². The van der Waals surface area contributed by atoms with E-state index in [4.69, 9.17) is 9.47 Å². The van der Waals surface area contributed by atoms with Gasteiger partial charge in [-0.05, 0) is 30.0 Å². The van der Waals surface area contributed by atoms with Crippen molar-refractivity contribution in [3.63, 3.8) is 0 Å². The maximum Gasteiger partial charge on any atom is 0.407 e. The van der Waals surface area contributed by atoms with E-state index in [1.807, 2.05) is 60.7 Å². The molecule has 1 amide bonds. The summed E-state index contributed by atoms with van der Waals surface area (Å²) in [6, 6.07) is 19.1. The van der Waals surface area contributed by atoms with E-state index in [0.29, 0.717) is 12.5 Å². The van der Waals surface area contributed by atoms with E-state index in [0.717, 1.165) is 17.7 Å². The van der Waals surface area contributed by atoms with Crippen LogP contribution in [0.1, 0.15) is 25.8 Å². The zero-order chi connectivity index (χ0) is 17.2. The first-order valence-corrected chi connectivity index (χ1v) is 8.28. The van der Waals surface area contributed by atoms with Gasteiger partial charge in [-0.15, -0.1) is 0 Å². The number of hydrogen-bond donors (Lipinski definition) is 1. The second kappa shape index (κ2) is 9.60. The van der Waals surface area contributed by atoms with Crippen LogP contribution in [0.4, 0.5) is 4.79 Å². The van der Waals surface area contributed by atoms with E-state index >= 15 is 0 Å². The fourth-order valence-corrected chi connectivity index (χ4v) is 2.38. The van der Waals surface area contributed by atoms with Crippen molar-refractivity contribution < 1.29 is 14.3 Å². The van der Waals surface area contributed by atoms with E-state index in [1.165, 1.54) is 0 Å². The highest BCUT2D eigenvalue weighted by Gasteiger charge is 2.16. The first-order chi connectivity index (χ1) is 11.6. The summed E-state index contributed by atoms with van der Waals surface area (Å²) in [7, 11) is 0. The minimum atomic E-state index is -0.416. The third-order valence-electron chi connectivity index (χ3n) is 3.49. The van der Waals surface area contributed by atoms with E-state index < -0.39 is 6.09 Å². The zero-order valence-corrected chi connectivity index (χ0v) is 14.3. The molecule has 2 aromatic carbocycles. The second-order valence-electron chi connectivity index (χ2n) is 6.16. The molecule has 2 aromatic rings. The topological polar surface area (TPSA) is 47.6 Å². The number of benzene rings is 2. The SMILES string of the molecule is CC(C)C[C@H](COc1ccccc1)NC(=O)OCc1ccccc1. The number of hydrogen-bond acceptors (Lipinski definition) is 3. The highest BCUT2D eigenvalue weighted by Crippen LogP contribution is 2.11. The Bertz CT molecular complexity index is 599. The normalized spacial score (nSPS) is 11.8. The molecule has 2 rings (SSSR count). The Balaban J connectivity index is 1.82. The fourth-order valence-electron chi connectivity index (χ4n) is 2.38. The average Bonchev–Trinajstić information content (AvgIpc) is 2.59. The van der Waals surface area contributed by atoms with E-state index in [-0.39, 0.29) is 12.6 Å². The van der Waals surface area contributed by atoms with Crippen molar-refractivity contribution in [1.29, 1.82) is 0 Å². The Morgan fingerprint density at radius 3 is 2.25 bits per heavy atom. The van der Waals surface area contributed by atoms with Crippen molar-refractivity contribution in [2.24, 2.45) is 5.92 Å². The summed E-state index contributed by atoms with van der Waals surface area (Å²) in [5.74, 6) is 1.24. The van der Waals surface area contributed by atoms with Gasteiger partial charge in [0.05, 0.1) is 6.04 Å². The molecule has 0 fully saturated rings. The summed E-state index contributed by atoms with van der Waals surface area (Å²) in [6.07, 6.45) is 0.411. The number of ether oxygens (including phenoxy) is 2. The quantitative estimate of drug-likeness (QED) is 0.781. The number of carbonyl (C=O) groups excluding carboxylic acids is 1. The van der Waals surface area contributed by atoms with Crippen LogP contribution in [0.25, 0.3) is 0 Å². The third-order valence-corrected chi connectivity index (χ3v) is 3.49. The molecule has 4 nitrogen and oxygen atoms in total. The van der Waals surface area contributed by atoms with Crippen molar-refractivity contribution in [1.82, 2.24) is 5.32 Å². The average molecular weight is 327 g/mol. The summed E-state index contributed by atoms with van der Waals surface area (Å²) < 4.78 is 11.0. The van der Waals surface area contributed by atoms with Gasteiger partial charge in [0.25, 0.3) is 0 Å².